The Kier molecular flexibility index (Phi) is 2.43. The molecule has 1 aromatic rings. The number of aromatic nitrogens is 1. The zero-order chi connectivity index (χ0) is 10.1. The van der Waals surface area contributed by atoms with Crippen molar-refractivity contribution in [3.8, 4) is 0 Å². The van der Waals surface area contributed by atoms with Gasteiger partial charge in [0.25, 0.3) is 5.76 Å². The fourth-order valence-corrected chi connectivity index (χ4v) is 1.76. The molecule has 0 amide bonds. The lowest BCUT2D eigenvalue weighted by Gasteiger charge is -2.06. The zero-order valence-electron chi connectivity index (χ0n) is 7.20. The fourth-order valence-electron chi connectivity index (χ4n) is 1.52. The van der Waals surface area contributed by atoms with Gasteiger partial charge in [-0.1, -0.05) is 16.8 Å². The topological polar surface area (TPSA) is 72.6 Å². The van der Waals surface area contributed by atoms with Crippen LogP contribution in [0.3, 0.4) is 0 Å². The Balaban J connectivity index is 2.38. The fraction of sp³-hybridized carbons (Fsp3) is 0.500. The molecule has 14 heavy (non-hydrogen) atoms. The monoisotopic (exact) mass is 217 g/mol. The molecule has 1 aliphatic rings. The molecule has 1 aliphatic heterocycles. The van der Waals surface area contributed by atoms with Gasteiger partial charge in [0, 0.05) is 6.61 Å². The van der Waals surface area contributed by atoms with Gasteiger partial charge in [0.2, 0.25) is 0 Å². The molecule has 0 saturated carbocycles. The third kappa shape index (κ3) is 1.49. The summed E-state index contributed by atoms with van der Waals surface area (Å²) >= 11 is 5.72. The third-order valence-electron chi connectivity index (χ3n) is 2.13. The highest BCUT2D eigenvalue weighted by Gasteiger charge is 2.30. The Hall–Kier alpha value is -1.07. The van der Waals surface area contributed by atoms with Crippen LogP contribution in [-0.2, 0) is 4.74 Å². The highest BCUT2D eigenvalue weighted by Crippen LogP contribution is 2.35. The van der Waals surface area contributed by atoms with E-state index in [1.165, 1.54) is 0 Å². The smallest absolute Gasteiger partial charge is 0.375 e. The van der Waals surface area contributed by atoms with Crippen molar-refractivity contribution in [2.45, 2.75) is 18.9 Å². The van der Waals surface area contributed by atoms with Gasteiger partial charge < -0.3 is 14.4 Å². The van der Waals surface area contributed by atoms with Crippen molar-refractivity contribution in [3.05, 3.63) is 16.5 Å². The van der Waals surface area contributed by atoms with E-state index in [1.54, 1.807) is 0 Å². The largest absolute Gasteiger partial charge is 0.475 e. The molecule has 5 nitrogen and oxygen atoms in total. The maximum Gasteiger partial charge on any atom is 0.375 e. The molecule has 0 spiro atoms. The molecule has 0 aromatic carbocycles. The lowest BCUT2D eigenvalue weighted by molar-refractivity contribution is 0.0633. The van der Waals surface area contributed by atoms with Gasteiger partial charge in [0.1, 0.15) is 0 Å². The van der Waals surface area contributed by atoms with E-state index in [0.29, 0.717) is 12.2 Å². The SMILES string of the molecule is O=C(O)c1onc(Cl)c1C1CCCO1. The Morgan fingerprint density at radius 1 is 1.64 bits per heavy atom. The molecule has 1 aromatic heterocycles. The van der Waals surface area contributed by atoms with Crippen molar-refractivity contribution in [3.63, 3.8) is 0 Å². The molecule has 0 bridgehead atoms. The first-order valence-corrected chi connectivity index (χ1v) is 4.58. The van der Waals surface area contributed by atoms with Crippen LogP contribution in [0, 0.1) is 0 Å². The van der Waals surface area contributed by atoms with Crippen LogP contribution in [0.25, 0.3) is 0 Å². The summed E-state index contributed by atoms with van der Waals surface area (Å²) in [6, 6.07) is 0. The summed E-state index contributed by atoms with van der Waals surface area (Å²) in [6.07, 6.45) is 1.35. The Labute approximate surface area is 84.6 Å². The van der Waals surface area contributed by atoms with E-state index in [4.69, 9.17) is 21.4 Å². The van der Waals surface area contributed by atoms with E-state index < -0.39 is 5.97 Å². The normalized spacial score (nSPS) is 21.4. The van der Waals surface area contributed by atoms with E-state index in [2.05, 4.69) is 9.68 Å². The second-order valence-corrected chi connectivity index (χ2v) is 3.38. The van der Waals surface area contributed by atoms with Crippen LogP contribution in [0.4, 0.5) is 0 Å². The summed E-state index contributed by atoms with van der Waals surface area (Å²) in [5.41, 5.74) is 0.358. The first-order chi connectivity index (χ1) is 6.70. The number of rotatable bonds is 2. The maximum absolute atomic E-state index is 10.7. The summed E-state index contributed by atoms with van der Waals surface area (Å²) in [6.45, 7) is 0.616. The molecule has 2 rings (SSSR count). The molecule has 0 aliphatic carbocycles. The average Bonchev–Trinajstić information content (AvgIpc) is 2.71. The van der Waals surface area contributed by atoms with Crippen molar-refractivity contribution < 1.29 is 19.2 Å². The van der Waals surface area contributed by atoms with Gasteiger partial charge in [0.05, 0.1) is 11.7 Å². The van der Waals surface area contributed by atoms with Crippen molar-refractivity contribution in [2.75, 3.05) is 6.61 Å². The Morgan fingerprint density at radius 2 is 2.43 bits per heavy atom. The molecule has 1 saturated heterocycles. The minimum Gasteiger partial charge on any atom is -0.475 e. The second-order valence-electron chi connectivity index (χ2n) is 3.02. The lowest BCUT2D eigenvalue weighted by atomic mass is 10.1. The predicted molar refractivity (Wildman–Crippen MR) is 46.4 cm³/mol. The number of ether oxygens (including phenoxy) is 1. The van der Waals surface area contributed by atoms with E-state index in [0.717, 1.165) is 12.8 Å². The predicted octanol–water partition coefficient (Wildman–Crippen LogP) is 1.88. The lowest BCUT2D eigenvalue weighted by Crippen LogP contribution is -2.04. The van der Waals surface area contributed by atoms with Crippen LogP contribution in [0.5, 0.6) is 0 Å². The van der Waals surface area contributed by atoms with Crippen molar-refractivity contribution >= 4 is 17.6 Å². The van der Waals surface area contributed by atoms with Gasteiger partial charge in [-0.25, -0.2) is 4.79 Å². The zero-order valence-corrected chi connectivity index (χ0v) is 7.95. The number of halogens is 1. The van der Waals surface area contributed by atoms with Crippen molar-refractivity contribution in [1.29, 1.82) is 0 Å². The first-order valence-electron chi connectivity index (χ1n) is 4.20. The van der Waals surface area contributed by atoms with Crippen LogP contribution in [-0.4, -0.2) is 22.8 Å². The molecule has 1 fully saturated rings. The summed E-state index contributed by atoms with van der Waals surface area (Å²) in [5.74, 6) is -1.39. The second kappa shape index (κ2) is 3.59. The van der Waals surface area contributed by atoms with Crippen LogP contribution < -0.4 is 0 Å². The summed E-state index contributed by atoms with van der Waals surface area (Å²) in [5, 5.41) is 12.3. The van der Waals surface area contributed by atoms with Crippen LogP contribution in [0.1, 0.15) is 35.1 Å². The van der Waals surface area contributed by atoms with Gasteiger partial charge in [-0.05, 0) is 12.8 Å². The van der Waals surface area contributed by atoms with Gasteiger partial charge in [0.15, 0.2) is 5.15 Å². The molecule has 0 radical (unpaired) electrons. The standard InChI is InChI=1S/C8H8ClNO4/c9-7-5(4-2-1-3-13-4)6(8(11)12)14-10-7/h4H,1-3H2,(H,11,12). The summed E-state index contributed by atoms with van der Waals surface area (Å²) < 4.78 is 9.93. The van der Waals surface area contributed by atoms with Crippen LogP contribution in [0.15, 0.2) is 4.52 Å². The number of hydrogen-bond donors (Lipinski definition) is 1. The van der Waals surface area contributed by atoms with Gasteiger partial charge >= 0.3 is 5.97 Å². The molecule has 1 unspecified atom stereocenters. The number of carbonyl (C=O) groups is 1. The number of hydrogen-bond acceptors (Lipinski definition) is 4. The molecule has 76 valence electrons. The average molecular weight is 218 g/mol. The van der Waals surface area contributed by atoms with Crippen molar-refractivity contribution in [2.24, 2.45) is 0 Å². The molecule has 1 N–H and O–H groups in total. The van der Waals surface area contributed by atoms with Crippen LogP contribution >= 0.6 is 11.6 Å². The van der Waals surface area contributed by atoms with E-state index in [-0.39, 0.29) is 17.0 Å². The van der Waals surface area contributed by atoms with E-state index in [9.17, 15) is 4.79 Å². The quantitative estimate of drug-likeness (QED) is 0.819. The molecular formula is C8H8ClNO4. The van der Waals surface area contributed by atoms with Crippen molar-refractivity contribution in [1.82, 2.24) is 5.16 Å². The Morgan fingerprint density at radius 3 is 3.00 bits per heavy atom. The number of carboxylic acid groups (broad SMARTS) is 1. The third-order valence-corrected chi connectivity index (χ3v) is 2.40. The highest BCUT2D eigenvalue weighted by molar-refractivity contribution is 6.30. The van der Waals surface area contributed by atoms with Gasteiger partial charge in [-0.2, -0.15) is 0 Å². The van der Waals surface area contributed by atoms with Gasteiger partial charge in [-0.3, -0.25) is 0 Å². The minimum atomic E-state index is -1.17. The van der Waals surface area contributed by atoms with E-state index in [1.807, 2.05) is 0 Å². The first kappa shape index (κ1) is 9.48. The molecule has 1 atom stereocenters. The molecule has 2 heterocycles. The van der Waals surface area contributed by atoms with Crippen LogP contribution in [0.2, 0.25) is 5.15 Å². The Bertz CT molecular complexity index is 356. The summed E-state index contributed by atoms with van der Waals surface area (Å²) in [4.78, 5) is 10.7. The minimum absolute atomic E-state index is 0.0781. The number of carboxylic acids is 1. The molecular weight excluding hydrogens is 210 g/mol. The maximum atomic E-state index is 10.7. The van der Waals surface area contributed by atoms with Gasteiger partial charge in [-0.15, -0.1) is 0 Å². The number of aromatic carboxylic acids is 1. The number of nitrogens with zero attached hydrogens (tertiary/aromatic N) is 1. The summed E-state index contributed by atoms with van der Waals surface area (Å²) in [7, 11) is 0. The highest BCUT2D eigenvalue weighted by atomic mass is 35.5. The molecule has 6 heteroatoms. The van der Waals surface area contributed by atoms with E-state index >= 15 is 0 Å².